The number of nitro groups is 3. The van der Waals surface area contributed by atoms with Gasteiger partial charge in [0.2, 0.25) is 0 Å². The Morgan fingerprint density at radius 2 is 1.19 bits per heavy atom. The maximum Gasteiger partial charge on any atom is 0.352 e. The lowest BCUT2D eigenvalue weighted by Gasteiger charge is -1.98. The minimum Gasteiger partial charge on any atom is -0.258 e. The summed E-state index contributed by atoms with van der Waals surface area (Å²) >= 11 is 0. The third-order valence-electron chi connectivity index (χ3n) is 1.77. The molecule has 1 radical (unpaired) electrons. The predicted molar refractivity (Wildman–Crippen MR) is 50.9 cm³/mol. The van der Waals surface area contributed by atoms with E-state index in [9.17, 15) is 30.3 Å². The van der Waals surface area contributed by atoms with Gasteiger partial charge >= 0.3 is 11.4 Å². The van der Waals surface area contributed by atoms with Crippen LogP contribution < -0.4 is 0 Å². The third-order valence-corrected chi connectivity index (χ3v) is 1.77. The molecular formula is C7H4N3O6. The number of nitrogens with zero attached hydrogens (tertiary/aromatic N) is 3. The zero-order chi connectivity index (χ0) is 12.5. The molecule has 0 unspecified atom stereocenters. The molecule has 1 aromatic carbocycles. The molecule has 0 fully saturated rings. The van der Waals surface area contributed by atoms with Crippen LogP contribution in [0.15, 0.2) is 12.1 Å². The molecule has 0 spiro atoms. The smallest absolute Gasteiger partial charge is 0.258 e. The molecule has 0 aliphatic heterocycles. The van der Waals surface area contributed by atoms with Crippen molar-refractivity contribution >= 4 is 17.1 Å². The molecule has 0 heterocycles. The van der Waals surface area contributed by atoms with Crippen LogP contribution in [-0.2, 0) is 0 Å². The summed E-state index contributed by atoms with van der Waals surface area (Å²) in [6.07, 6.45) is 0. The van der Waals surface area contributed by atoms with E-state index in [1.54, 1.807) is 0 Å². The van der Waals surface area contributed by atoms with Crippen LogP contribution >= 0.6 is 0 Å². The monoisotopic (exact) mass is 226 g/mol. The van der Waals surface area contributed by atoms with E-state index in [4.69, 9.17) is 0 Å². The van der Waals surface area contributed by atoms with Crippen LogP contribution in [-0.4, -0.2) is 14.8 Å². The summed E-state index contributed by atoms with van der Waals surface area (Å²) in [5.74, 6) is 0. The second-order valence-electron chi connectivity index (χ2n) is 2.74. The highest BCUT2D eigenvalue weighted by Gasteiger charge is 2.29. The van der Waals surface area contributed by atoms with Gasteiger partial charge in [-0.1, -0.05) is 0 Å². The molecule has 0 atom stereocenters. The largest absolute Gasteiger partial charge is 0.352 e. The standard InChI is InChI=1S/C7H4N3O6/c1-4-2-6(9(13)14)7(10(15)16)3-5(4)8(11)12/h2-3H,1H2. The van der Waals surface area contributed by atoms with Gasteiger partial charge in [-0.25, -0.2) is 0 Å². The number of benzene rings is 1. The summed E-state index contributed by atoms with van der Waals surface area (Å²) in [5.41, 5.74) is -2.62. The maximum atomic E-state index is 10.5. The van der Waals surface area contributed by atoms with E-state index in [-0.39, 0.29) is 5.56 Å². The minimum absolute atomic E-state index is 0.248. The number of nitro benzene ring substituents is 3. The van der Waals surface area contributed by atoms with E-state index in [0.717, 1.165) is 0 Å². The van der Waals surface area contributed by atoms with Crippen molar-refractivity contribution in [3.8, 4) is 0 Å². The number of hydrogen-bond donors (Lipinski definition) is 0. The van der Waals surface area contributed by atoms with Gasteiger partial charge in [0.15, 0.2) is 0 Å². The van der Waals surface area contributed by atoms with Crippen molar-refractivity contribution in [3.05, 3.63) is 55.0 Å². The topological polar surface area (TPSA) is 129 Å². The summed E-state index contributed by atoms with van der Waals surface area (Å²) < 4.78 is 0. The Bertz CT molecular complexity index is 497. The van der Waals surface area contributed by atoms with Gasteiger partial charge in [0, 0.05) is 11.6 Å². The average molecular weight is 226 g/mol. The fourth-order valence-electron chi connectivity index (χ4n) is 1.07. The summed E-state index contributed by atoms with van der Waals surface area (Å²) in [7, 11) is 0. The summed E-state index contributed by atoms with van der Waals surface area (Å²) in [5, 5.41) is 31.4. The molecule has 0 amide bonds. The molecule has 0 bridgehead atoms. The van der Waals surface area contributed by atoms with E-state index in [0.29, 0.717) is 12.1 Å². The lowest BCUT2D eigenvalue weighted by atomic mass is 10.1. The first-order chi connectivity index (χ1) is 7.34. The van der Waals surface area contributed by atoms with Gasteiger partial charge in [0.1, 0.15) is 6.07 Å². The maximum absolute atomic E-state index is 10.5. The van der Waals surface area contributed by atoms with E-state index >= 15 is 0 Å². The number of rotatable bonds is 3. The molecule has 0 saturated heterocycles. The van der Waals surface area contributed by atoms with E-state index < -0.39 is 31.8 Å². The Morgan fingerprint density at radius 3 is 1.56 bits per heavy atom. The first kappa shape index (κ1) is 11.5. The molecule has 0 aliphatic rings. The Balaban J connectivity index is 3.55. The molecule has 0 saturated carbocycles. The van der Waals surface area contributed by atoms with Crippen LogP contribution in [0.25, 0.3) is 0 Å². The van der Waals surface area contributed by atoms with E-state index in [1.807, 2.05) is 0 Å². The van der Waals surface area contributed by atoms with Crippen LogP contribution in [0.3, 0.4) is 0 Å². The lowest BCUT2D eigenvalue weighted by Crippen LogP contribution is -2.00. The highest BCUT2D eigenvalue weighted by molar-refractivity contribution is 5.62. The first-order valence-corrected chi connectivity index (χ1v) is 3.77. The van der Waals surface area contributed by atoms with Gasteiger partial charge in [-0.05, 0) is 6.92 Å². The van der Waals surface area contributed by atoms with Gasteiger partial charge in [-0.3, -0.25) is 30.3 Å². The van der Waals surface area contributed by atoms with Crippen molar-refractivity contribution < 1.29 is 14.8 Å². The fourth-order valence-corrected chi connectivity index (χ4v) is 1.07. The first-order valence-electron chi connectivity index (χ1n) is 3.77. The SMILES string of the molecule is [CH2]c1cc([N+](=O)[O-])c([N+](=O)[O-])cc1[N+](=O)[O-]. The predicted octanol–water partition coefficient (Wildman–Crippen LogP) is 1.59. The third kappa shape index (κ3) is 1.92. The van der Waals surface area contributed by atoms with Crippen molar-refractivity contribution in [1.29, 1.82) is 0 Å². The van der Waals surface area contributed by atoms with Crippen molar-refractivity contribution in [3.63, 3.8) is 0 Å². The summed E-state index contributed by atoms with van der Waals surface area (Å²) in [6.45, 7) is 3.22. The van der Waals surface area contributed by atoms with Gasteiger partial charge < -0.3 is 0 Å². The highest BCUT2D eigenvalue weighted by atomic mass is 16.6. The molecule has 0 aromatic heterocycles. The number of hydrogen-bond acceptors (Lipinski definition) is 6. The molecule has 16 heavy (non-hydrogen) atoms. The zero-order valence-electron chi connectivity index (χ0n) is 7.65. The molecule has 9 nitrogen and oxygen atoms in total. The Morgan fingerprint density at radius 1 is 0.812 bits per heavy atom. The van der Waals surface area contributed by atoms with E-state index in [1.165, 1.54) is 0 Å². The van der Waals surface area contributed by atoms with Crippen LogP contribution in [0, 0.1) is 37.3 Å². The minimum atomic E-state index is -1.05. The van der Waals surface area contributed by atoms with Crippen molar-refractivity contribution in [1.82, 2.24) is 0 Å². The molecule has 0 aliphatic carbocycles. The average Bonchev–Trinajstić information content (AvgIpc) is 2.15. The molecular weight excluding hydrogens is 222 g/mol. The normalized spacial score (nSPS) is 9.81. The molecule has 1 aromatic rings. The van der Waals surface area contributed by atoms with E-state index in [2.05, 4.69) is 6.92 Å². The van der Waals surface area contributed by atoms with Crippen LogP contribution in [0.1, 0.15) is 5.56 Å². The second kappa shape index (κ2) is 3.88. The Kier molecular flexibility index (Phi) is 2.79. The summed E-state index contributed by atoms with van der Waals surface area (Å²) in [6, 6.07) is 1.23. The molecule has 9 heteroatoms. The van der Waals surface area contributed by atoms with Crippen molar-refractivity contribution in [2.45, 2.75) is 0 Å². The molecule has 83 valence electrons. The van der Waals surface area contributed by atoms with Gasteiger partial charge in [0.25, 0.3) is 5.69 Å². The Hall–Kier alpha value is -2.58. The lowest BCUT2D eigenvalue weighted by molar-refractivity contribution is -0.424. The van der Waals surface area contributed by atoms with Crippen LogP contribution in [0.2, 0.25) is 0 Å². The summed E-state index contributed by atoms with van der Waals surface area (Å²) in [4.78, 5) is 28.5. The van der Waals surface area contributed by atoms with Crippen molar-refractivity contribution in [2.75, 3.05) is 0 Å². The van der Waals surface area contributed by atoms with Gasteiger partial charge in [-0.2, -0.15) is 0 Å². The van der Waals surface area contributed by atoms with Crippen molar-refractivity contribution in [2.24, 2.45) is 0 Å². The quantitative estimate of drug-likeness (QED) is 0.568. The van der Waals surface area contributed by atoms with Gasteiger partial charge in [-0.15, -0.1) is 0 Å². The van der Waals surface area contributed by atoms with Crippen LogP contribution in [0.5, 0.6) is 0 Å². The fraction of sp³-hybridized carbons (Fsp3) is 0. The Labute approximate surface area is 87.8 Å². The van der Waals surface area contributed by atoms with Crippen LogP contribution in [0.4, 0.5) is 17.1 Å². The molecule has 1 rings (SSSR count). The molecule has 0 N–H and O–H groups in total. The van der Waals surface area contributed by atoms with Gasteiger partial charge in [0.05, 0.1) is 14.8 Å². The highest BCUT2D eigenvalue weighted by Crippen LogP contribution is 2.33. The second-order valence-corrected chi connectivity index (χ2v) is 2.74. The zero-order valence-corrected chi connectivity index (χ0v) is 7.65.